The van der Waals surface area contributed by atoms with Crippen LogP contribution in [0.2, 0.25) is 0 Å². The first-order chi connectivity index (χ1) is 10.7. The zero-order valence-electron chi connectivity index (χ0n) is 16.3. The Hall–Kier alpha value is -0.0400. The molecule has 0 saturated carbocycles. The van der Waals surface area contributed by atoms with E-state index in [0.29, 0.717) is 0 Å². The van der Waals surface area contributed by atoms with E-state index in [1.165, 1.54) is 103 Å². The molecule has 134 valence electrons. The number of hydrogen-bond acceptors (Lipinski definition) is 1. The number of rotatable bonds is 17. The standard InChI is InChI=1S/C21H45N/c1-5-7-8-9-10-11-12-13-14-15-16-17-18-19-20-21(6-2)22(3)4/h21H,5-20H2,1-4H3/t21-/m0/s1. The molecule has 22 heavy (non-hydrogen) atoms. The minimum Gasteiger partial charge on any atom is -0.306 e. The van der Waals surface area contributed by atoms with Gasteiger partial charge in [0.1, 0.15) is 0 Å². The van der Waals surface area contributed by atoms with Crippen LogP contribution in [0.3, 0.4) is 0 Å². The minimum absolute atomic E-state index is 0.803. The summed E-state index contributed by atoms with van der Waals surface area (Å²) in [7, 11) is 4.44. The molecule has 0 unspecified atom stereocenters. The van der Waals surface area contributed by atoms with E-state index in [9.17, 15) is 0 Å². The van der Waals surface area contributed by atoms with Crippen LogP contribution in [0, 0.1) is 0 Å². The smallest absolute Gasteiger partial charge is 0.00865 e. The summed E-state index contributed by atoms with van der Waals surface area (Å²) in [6, 6.07) is 0.803. The van der Waals surface area contributed by atoms with Crippen molar-refractivity contribution < 1.29 is 0 Å². The Bertz CT molecular complexity index is 200. The summed E-state index contributed by atoms with van der Waals surface area (Å²) in [6.07, 6.45) is 23.1. The summed E-state index contributed by atoms with van der Waals surface area (Å²) in [5, 5.41) is 0. The van der Waals surface area contributed by atoms with Crippen LogP contribution in [0.1, 0.15) is 117 Å². The fourth-order valence-electron chi connectivity index (χ4n) is 3.40. The number of unbranched alkanes of at least 4 members (excludes halogenated alkanes) is 13. The van der Waals surface area contributed by atoms with Crippen molar-refractivity contribution in [2.45, 2.75) is 123 Å². The van der Waals surface area contributed by atoms with Gasteiger partial charge in [-0.2, -0.15) is 0 Å². The fourth-order valence-corrected chi connectivity index (χ4v) is 3.40. The van der Waals surface area contributed by atoms with E-state index in [4.69, 9.17) is 0 Å². The lowest BCUT2D eigenvalue weighted by Gasteiger charge is -2.22. The van der Waals surface area contributed by atoms with Gasteiger partial charge in [-0.1, -0.05) is 104 Å². The maximum absolute atomic E-state index is 2.39. The van der Waals surface area contributed by atoms with Crippen LogP contribution in [0.4, 0.5) is 0 Å². The Kier molecular flexibility index (Phi) is 17.3. The van der Waals surface area contributed by atoms with E-state index in [0.717, 1.165) is 6.04 Å². The molecule has 0 fully saturated rings. The monoisotopic (exact) mass is 311 g/mol. The predicted octanol–water partition coefficient (Wildman–Crippen LogP) is 7.20. The lowest BCUT2D eigenvalue weighted by Crippen LogP contribution is -2.26. The van der Waals surface area contributed by atoms with Gasteiger partial charge in [0.15, 0.2) is 0 Å². The summed E-state index contributed by atoms with van der Waals surface area (Å²) >= 11 is 0. The first-order valence-corrected chi connectivity index (χ1v) is 10.4. The Morgan fingerprint density at radius 2 is 0.909 bits per heavy atom. The van der Waals surface area contributed by atoms with Crippen LogP contribution in [-0.2, 0) is 0 Å². The summed E-state index contributed by atoms with van der Waals surface area (Å²) in [4.78, 5) is 2.39. The molecule has 0 aromatic heterocycles. The van der Waals surface area contributed by atoms with Crippen LogP contribution in [-0.4, -0.2) is 25.0 Å². The van der Waals surface area contributed by atoms with E-state index in [1.54, 1.807) is 0 Å². The van der Waals surface area contributed by atoms with Crippen molar-refractivity contribution in [1.82, 2.24) is 4.90 Å². The van der Waals surface area contributed by atoms with Gasteiger partial charge in [-0.3, -0.25) is 0 Å². The van der Waals surface area contributed by atoms with Gasteiger partial charge in [-0.05, 0) is 26.9 Å². The number of hydrogen-bond donors (Lipinski definition) is 0. The Balaban J connectivity index is 3.11. The molecule has 0 amide bonds. The van der Waals surface area contributed by atoms with Gasteiger partial charge in [-0.15, -0.1) is 0 Å². The Morgan fingerprint density at radius 1 is 0.545 bits per heavy atom. The molecule has 0 aliphatic heterocycles. The van der Waals surface area contributed by atoms with E-state index < -0.39 is 0 Å². The molecule has 0 aromatic carbocycles. The molecule has 0 N–H and O–H groups in total. The molecule has 0 saturated heterocycles. The molecular weight excluding hydrogens is 266 g/mol. The minimum atomic E-state index is 0.803. The van der Waals surface area contributed by atoms with Crippen molar-refractivity contribution in [1.29, 1.82) is 0 Å². The highest BCUT2D eigenvalue weighted by molar-refractivity contribution is 4.63. The first-order valence-electron chi connectivity index (χ1n) is 10.4. The molecule has 1 heteroatoms. The van der Waals surface area contributed by atoms with Gasteiger partial charge >= 0.3 is 0 Å². The van der Waals surface area contributed by atoms with E-state index in [-0.39, 0.29) is 0 Å². The molecule has 0 aliphatic rings. The third-order valence-corrected chi connectivity index (χ3v) is 5.09. The fraction of sp³-hybridized carbons (Fsp3) is 1.00. The van der Waals surface area contributed by atoms with Crippen molar-refractivity contribution >= 4 is 0 Å². The third-order valence-electron chi connectivity index (χ3n) is 5.09. The van der Waals surface area contributed by atoms with Crippen LogP contribution in [0.25, 0.3) is 0 Å². The normalized spacial score (nSPS) is 13.0. The highest BCUT2D eigenvalue weighted by Gasteiger charge is 2.07. The average Bonchev–Trinajstić information content (AvgIpc) is 2.51. The van der Waals surface area contributed by atoms with E-state index in [1.807, 2.05) is 0 Å². The van der Waals surface area contributed by atoms with Gasteiger partial charge < -0.3 is 4.90 Å². The van der Waals surface area contributed by atoms with Gasteiger partial charge in [-0.25, -0.2) is 0 Å². The molecule has 0 heterocycles. The van der Waals surface area contributed by atoms with Gasteiger partial charge in [0.25, 0.3) is 0 Å². The van der Waals surface area contributed by atoms with Crippen LogP contribution in [0.15, 0.2) is 0 Å². The van der Waals surface area contributed by atoms with Crippen LogP contribution >= 0.6 is 0 Å². The molecule has 0 spiro atoms. The second-order valence-corrected chi connectivity index (χ2v) is 7.41. The second-order valence-electron chi connectivity index (χ2n) is 7.41. The van der Waals surface area contributed by atoms with Crippen molar-refractivity contribution in [3.63, 3.8) is 0 Å². The van der Waals surface area contributed by atoms with Crippen LogP contribution < -0.4 is 0 Å². The highest BCUT2D eigenvalue weighted by atomic mass is 15.1. The zero-order chi connectivity index (χ0) is 16.5. The quantitative estimate of drug-likeness (QED) is 0.257. The average molecular weight is 312 g/mol. The summed E-state index contributed by atoms with van der Waals surface area (Å²) < 4.78 is 0. The van der Waals surface area contributed by atoms with Gasteiger partial charge in [0.05, 0.1) is 0 Å². The predicted molar refractivity (Wildman–Crippen MR) is 103 cm³/mol. The maximum Gasteiger partial charge on any atom is 0.00865 e. The van der Waals surface area contributed by atoms with E-state index in [2.05, 4.69) is 32.8 Å². The molecular formula is C21H45N. The highest BCUT2D eigenvalue weighted by Crippen LogP contribution is 2.15. The van der Waals surface area contributed by atoms with Crippen molar-refractivity contribution in [2.75, 3.05) is 14.1 Å². The second kappa shape index (κ2) is 17.3. The molecule has 1 atom stereocenters. The maximum atomic E-state index is 2.39. The molecule has 0 radical (unpaired) electrons. The number of nitrogens with zero attached hydrogens (tertiary/aromatic N) is 1. The largest absolute Gasteiger partial charge is 0.306 e. The zero-order valence-corrected chi connectivity index (χ0v) is 16.3. The van der Waals surface area contributed by atoms with Crippen molar-refractivity contribution in [3.05, 3.63) is 0 Å². The molecule has 0 rings (SSSR count). The lowest BCUT2D eigenvalue weighted by molar-refractivity contribution is 0.264. The molecule has 0 aliphatic carbocycles. The Labute approximate surface area is 142 Å². The molecule has 0 aromatic rings. The summed E-state index contributed by atoms with van der Waals surface area (Å²) in [5.74, 6) is 0. The first kappa shape index (κ1) is 22.0. The molecule has 1 nitrogen and oxygen atoms in total. The lowest BCUT2D eigenvalue weighted by atomic mass is 10.0. The molecule has 0 bridgehead atoms. The van der Waals surface area contributed by atoms with Crippen molar-refractivity contribution in [2.24, 2.45) is 0 Å². The van der Waals surface area contributed by atoms with Gasteiger partial charge in [0.2, 0.25) is 0 Å². The summed E-state index contributed by atoms with van der Waals surface area (Å²) in [6.45, 7) is 4.61. The van der Waals surface area contributed by atoms with Crippen LogP contribution in [0.5, 0.6) is 0 Å². The Morgan fingerprint density at radius 3 is 1.23 bits per heavy atom. The van der Waals surface area contributed by atoms with E-state index >= 15 is 0 Å². The SMILES string of the molecule is CCCCCCCCCCCCCCCC[C@H](CC)N(C)C. The third kappa shape index (κ3) is 14.9. The van der Waals surface area contributed by atoms with Crippen molar-refractivity contribution in [3.8, 4) is 0 Å². The topological polar surface area (TPSA) is 3.24 Å². The van der Waals surface area contributed by atoms with Gasteiger partial charge in [0, 0.05) is 6.04 Å². The summed E-state index contributed by atoms with van der Waals surface area (Å²) in [5.41, 5.74) is 0.